The molecule has 126 valence electrons. The molecule has 0 saturated carbocycles. The van der Waals surface area contributed by atoms with Crippen molar-refractivity contribution in [3.63, 3.8) is 0 Å². The molecule has 1 aromatic carbocycles. The number of rotatable bonds is 4. The third-order valence-corrected chi connectivity index (χ3v) is 4.60. The van der Waals surface area contributed by atoms with Gasteiger partial charge >= 0.3 is 0 Å². The number of aliphatic hydroxyl groups excluding tert-OH is 1. The maximum absolute atomic E-state index is 10.7. The molecule has 2 fully saturated rings. The van der Waals surface area contributed by atoms with Gasteiger partial charge in [0.25, 0.3) is 0 Å². The van der Waals surface area contributed by atoms with E-state index in [1.165, 1.54) is 0 Å². The largest absolute Gasteiger partial charge is 0.389 e. The number of benzene rings is 1. The lowest BCUT2D eigenvalue weighted by Crippen LogP contribution is -2.59. The summed E-state index contributed by atoms with van der Waals surface area (Å²) in [6.45, 7) is 8.18. The van der Waals surface area contributed by atoms with E-state index in [-0.39, 0.29) is 12.9 Å². The Morgan fingerprint density at radius 2 is 1.96 bits per heavy atom. The van der Waals surface area contributed by atoms with Crippen LogP contribution in [0.2, 0.25) is 0 Å². The summed E-state index contributed by atoms with van der Waals surface area (Å²) in [4.78, 5) is 0. The van der Waals surface area contributed by atoms with E-state index < -0.39 is 30.0 Å². The normalized spacial score (nSPS) is 32.8. The smallest absolute Gasteiger partial charge is 0.184 e. The Labute approximate surface area is 136 Å². The summed E-state index contributed by atoms with van der Waals surface area (Å²) >= 11 is 0. The van der Waals surface area contributed by atoms with E-state index in [1.54, 1.807) is 6.08 Å². The molecule has 2 heterocycles. The van der Waals surface area contributed by atoms with Gasteiger partial charge in [-0.15, -0.1) is 6.58 Å². The molecule has 2 aliphatic heterocycles. The second-order valence-electron chi connectivity index (χ2n) is 6.60. The lowest BCUT2D eigenvalue weighted by atomic mass is 9.81. The van der Waals surface area contributed by atoms with Crippen LogP contribution in [0.5, 0.6) is 0 Å². The fourth-order valence-electron chi connectivity index (χ4n) is 2.88. The van der Waals surface area contributed by atoms with Crippen LogP contribution in [0.15, 0.2) is 43.0 Å². The van der Waals surface area contributed by atoms with E-state index >= 15 is 0 Å². The van der Waals surface area contributed by atoms with Crippen LogP contribution in [0.4, 0.5) is 0 Å². The Kier molecular flexibility index (Phi) is 4.85. The first-order chi connectivity index (χ1) is 11.0. The molecule has 0 unspecified atom stereocenters. The van der Waals surface area contributed by atoms with Gasteiger partial charge in [0.2, 0.25) is 0 Å². The van der Waals surface area contributed by atoms with Gasteiger partial charge in [0.1, 0.15) is 25.1 Å². The zero-order chi connectivity index (χ0) is 16.4. The highest BCUT2D eigenvalue weighted by molar-refractivity contribution is 5.16. The maximum atomic E-state index is 10.7. The number of fused-ring (bicyclic) bond motifs is 1. The van der Waals surface area contributed by atoms with Crippen molar-refractivity contribution in [3.05, 3.63) is 48.6 Å². The summed E-state index contributed by atoms with van der Waals surface area (Å²) in [5.74, 6) is 0. The summed E-state index contributed by atoms with van der Waals surface area (Å²) in [5.41, 5.74) is 0.448. The minimum Gasteiger partial charge on any atom is -0.389 e. The molecule has 3 rings (SSSR count). The van der Waals surface area contributed by atoms with E-state index in [4.69, 9.17) is 18.9 Å². The van der Waals surface area contributed by atoms with Gasteiger partial charge in [0.05, 0.1) is 12.7 Å². The molecule has 0 amide bonds. The summed E-state index contributed by atoms with van der Waals surface area (Å²) < 4.78 is 23.1. The first kappa shape index (κ1) is 16.6. The van der Waals surface area contributed by atoms with Gasteiger partial charge in [-0.05, 0) is 0 Å². The molecule has 2 aliphatic rings. The molecule has 5 heteroatoms. The molecule has 0 spiro atoms. The minimum atomic E-state index is -0.745. The van der Waals surface area contributed by atoms with E-state index in [9.17, 15) is 5.11 Å². The Bertz CT molecular complexity index is 529. The predicted octanol–water partition coefficient (Wildman–Crippen LogP) is 2.42. The fraction of sp³-hybridized carbons (Fsp3) is 0.556. The summed E-state index contributed by atoms with van der Waals surface area (Å²) in [6, 6.07) is 9.73. The first-order valence-corrected chi connectivity index (χ1v) is 7.90. The van der Waals surface area contributed by atoms with Gasteiger partial charge in [-0.2, -0.15) is 0 Å². The van der Waals surface area contributed by atoms with Gasteiger partial charge in [-0.1, -0.05) is 50.3 Å². The molecule has 5 nitrogen and oxygen atoms in total. The zero-order valence-electron chi connectivity index (χ0n) is 13.6. The van der Waals surface area contributed by atoms with Gasteiger partial charge in [0.15, 0.2) is 6.29 Å². The molecule has 23 heavy (non-hydrogen) atoms. The Balaban J connectivity index is 1.79. The van der Waals surface area contributed by atoms with Crippen LogP contribution in [-0.4, -0.2) is 42.9 Å². The predicted molar refractivity (Wildman–Crippen MR) is 84.6 cm³/mol. The highest BCUT2D eigenvalue weighted by Crippen LogP contribution is 2.36. The Morgan fingerprint density at radius 1 is 1.22 bits per heavy atom. The van der Waals surface area contributed by atoms with Gasteiger partial charge in [-0.25, -0.2) is 0 Å². The van der Waals surface area contributed by atoms with Crippen molar-refractivity contribution in [1.29, 1.82) is 0 Å². The van der Waals surface area contributed by atoms with Crippen molar-refractivity contribution in [2.45, 2.75) is 44.6 Å². The molecule has 1 N–H and O–H groups in total. The van der Waals surface area contributed by atoms with Crippen LogP contribution in [-0.2, 0) is 18.9 Å². The number of hydrogen-bond donors (Lipinski definition) is 1. The molecule has 0 aliphatic carbocycles. The van der Waals surface area contributed by atoms with Crippen LogP contribution < -0.4 is 0 Å². The van der Waals surface area contributed by atoms with Crippen LogP contribution >= 0.6 is 0 Å². The van der Waals surface area contributed by atoms with Crippen LogP contribution in [0.3, 0.4) is 0 Å². The van der Waals surface area contributed by atoms with E-state index in [2.05, 4.69) is 6.58 Å². The molecule has 0 bridgehead atoms. The lowest BCUT2D eigenvalue weighted by Gasteiger charge is -2.46. The second-order valence-corrected chi connectivity index (χ2v) is 6.60. The van der Waals surface area contributed by atoms with E-state index in [1.807, 2.05) is 44.2 Å². The van der Waals surface area contributed by atoms with Crippen molar-refractivity contribution >= 4 is 0 Å². The molecule has 2 saturated heterocycles. The van der Waals surface area contributed by atoms with Crippen molar-refractivity contribution in [1.82, 2.24) is 0 Å². The molecule has 0 aromatic heterocycles. The zero-order valence-corrected chi connectivity index (χ0v) is 13.6. The summed E-state index contributed by atoms with van der Waals surface area (Å²) in [5, 5.41) is 10.7. The first-order valence-electron chi connectivity index (χ1n) is 7.90. The second kappa shape index (κ2) is 6.71. The third-order valence-electron chi connectivity index (χ3n) is 4.60. The standard InChI is InChI=1S/C18H24O5/c1-4-18(2,3)16(19)15-14-13(21-11-22-15)10-20-17(23-14)12-8-6-5-7-9-12/h4-9,13-17,19H,1,10-11H2,2-3H3/t13-,14-,15+,16-,17-/m1/s1. The molecule has 1 aromatic rings. The molecular weight excluding hydrogens is 296 g/mol. The minimum absolute atomic E-state index is 0.124. The van der Waals surface area contributed by atoms with Crippen LogP contribution in [0.25, 0.3) is 0 Å². The molecule has 0 radical (unpaired) electrons. The highest BCUT2D eigenvalue weighted by atomic mass is 16.8. The SMILES string of the molecule is C=CC(C)(C)[C@H](O)[C@H]1OCO[C@@H]2CO[C@@H](c3ccccc3)O[C@@H]12. The fourth-order valence-corrected chi connectivity index (χ4v) is 2.88. The summed E-state index contributed by atoms with van der Waals surface area (Å²) in [6.07, 6.45) is -0.618. The van der Waals surface area contributed by atoms with Crippen LogP contribution in [0.1, 0.15) is 25.7 Å². The third kappa shape index (κ3) is 3.34. The van der Waals surface area contributed by atoms with E-state index in [0.717, 1.165) is 5.56 Å². The number of aliphatic hydroxyl groups is 1. The topological polar surface area (TPSA) is 57.2 Å². The number of hydrogen-bond acceptors (Lipinski definition) is 5. The quantitative estimate of drug-likeness (QED) is 0.864. The van der Waals surface area contributed by atoms with Crippen molar-refractivity contribution in [3.8, 4) is 0 Å². The number of ether oxygens (including phenoxy) is 4. The van der Waals surface area contributed by atoms with Crippen molar-refractivity contribution < 1.29 is 24.1 Å². The van der Waals surface area contributed by atoms with Gasteiger partial charge in [-0.3, -0.25) is 0 Å². The van der Waals surface area contributed by atoms with Gasteiger partial charge < -0.3 is 24.1 Å². The lowest BCUT2D eigenvalue weighted by molar-refractivity contribution is -0.346. The monoisotopic (exact) mass is 320 g/mol. The average Bonchev–Trinajstić information content (AvgIpc) is 2.61. The van der Waals surface area contributed by atoms with Gasteiger partial charge in [0, 0.05) is 11.0 Å². The van der Waals surface area contributed by atoms with E-state index in [0.29, 0.717) is 6.61 Å². The maximum Gasteiger partial charge on any atom is 0.184 e. The Morgan fingerprint density at radius 3 is 2.65 bits per heavy atom. The average molecular weight is 320 g/mol. The Hall–Kier alpha value is -1.24. The summed E-state index contributed by atoms with van der Waals surface area (Å²) in [7, 11) is 0. The van der Waals surface area contributed by atoms with Crippen molar-refractivity contribution in [2.24, 2.45) is 5.41 Å². The van der Waals surface area contributed by atoms with Crippen molar-refractivity contribution in [2.75, 3.05) is 13.4 Å². The highest BCUT2D eigenvalue weighted by Gasteiger charge is 2.48. The molecule has 5 atom stereocenters. The van der Waals surface area contributed by atoms with Crippen LogP contribution in [0, 0.1) is 5.41 Å². The molecular formula is C18H24O5.